The molecule has 0 N–H and O–H groups in total. The van der Waals surface area contributed by atoms with Gasteiger partial charge in [-0.15, -0.1) is 0 Å². The van der Waals surface area contributed by atoms with E-state index < -0.39 is 0 Å². The van der Waals surface area contributed by atoms with E-state index in [1.165, 1.54) is 0 Å². The van der Waals surface area contributed by atoms with Gasteiger partial charge in [0.05, 0.1) is 11.7 Å². The van der Waals surface area contributed by atoms with Crippen LogP contribution in [-0.4, -0.2) is 6.09 Å². The quantitative estimate of drug-likeness (QED) is 0.427. The number of ether oxygens (including phenoxy) is 1. The fraction of sp³-hybridized carbons (Fsp3) is 0.174. The van der Waals surface area contributed by atoms with Crippen molar-refractivity contribution in [2.24, 2.45) is 0 Å². The summed E-state index contributed by atoms with van der Waals surface area (Å²) in [6.07, 6.45) is 1.38. The minimum atomic E-state index is -0.341. The van der Waals surface area contributed by atoms with Crippen molar-refractivity contribution in [3.05, 3.63) is 99.0 Å². The van der Waals surface area contributed by atoms with Crippen molar-refractivity contribution < 1.29 is 9.53 Å². The number of amides is 1. The molecule has 1 aliphatic heterocycles. The second-order valence-corrected chi connectivity index (χ2v) is 8.14. The van der Waals surface area contributed by atoms with E-state index >= 15 is 0 Å². The molecule has 0 aromatic heterocycles. The highest BCUT2D eigenvalue weighted by atomic mass is 79.9. The van der Waals surface area contributed by atoms with E-state index in [1.54, 1.807) is 4.90 Å². The molecule has 1 heterocycles. The number of halogens is 2. The van der Waals surface area contributed by atoms with Gasteiger partial charge in [-0.05, 0) is 59.9 Å². The van der Waals surface area contributed by atoms with Crippen molar-refractivity contribution in [1.29, 1.82) is 0 Å². The Morgan fingerprint density at radius 3 is 2.57 bits per heavy atom. The lowest BCUT2D eigenvalue weighted by molar-refractivity contribution is 0.143. The summed E-state index contributed by atoms with van der Waals surface area (Å²) in [4.78, 5) is 14.9. The van der Waals surface area contributed by atoms with Crippen LogP contribution in [0.1, 0.15) is 29.2 Å². The van der Waals surface area contributed by atoms with Crippen LogP contribution < -0.4 is 4.90 Å². The van der Waals surface area contributed by atoms with E-state index in [2.05, 4.69) is 22.0 Å². The molecule has 0 saturated carbocycles. The number of rotatable bonds is 3. The summed E-state index contributed by atoms with van der Waals surface area (Å²) in [6, 6.07) is 23.3. The number of aryl methyl sites for hydroxylation is 1. The maximum Gasteiger partial charge on any atom is 0.415 e. The number of nitrogens with zero attached hydrogens (tertiary/aromatic N) is 1. The van der Waals surface area contributed by atoms with E-state index in [4.69, 9.17) is 16.3 Å². The van der Waals surface area contributed by atoms with E-state index in [0.717, 1.165) is 39.7 Å². The van der Waals surface area contributed by atoms with Crippen molar-refractivity contribution in [2.45, 2.75) is 25.5 Å². The fourth-order valence-corrected chi connectivity index (χ4v) is 4.13. The molecule has 0 fully saturated rings. The summed E-state index contributed by atoms with van der Waals surface area (Å²) >= 11 is 9.58. The first kappa shape index (κ1) is 19.0. The number of fused-ring (bicyclic) bond motifs is 1. The van der Waals surface area contributed by atoms with Gasteiger partial charge in [0.1, 0.15) is 6.61 Å². The van der Waals surface area contributed by atoms with Gasteiger partial charge in [0.15, 0.2) is 0 Å². The summed E-state index contributed by atoms with van der Waals surface area (Å²) in [5, 5.41) is 0.682. The smallest absolute Gasteiger partial charge is 0.415 e. The minimum absolute atomic E-state index is 0.0887. The van der Waals surface area contributed by atoms with Gasteiger partial charge in [0.2, 0.25) is 0 Å². The molecule has 5 heteroatoms. The summed E-state index contributed by atoms with van der Waals surface area (Å²) in [6.45, 7) is 0.245. The van der Waals surface area contributed by atoms with Crippen LogP contribution in [-0.2, 0) is 17.8 Å². The maximum absolute atomic E-state index is 13.1. The maximum atomic E-state index is 13.1. The molecule has 28 heavy (non-hydrogen) atoms. The number of carbonyl (C=O) groups excluding carboxylic acids is 1. The van der Waals surface area contributed by atoms with Crippen LogP contribution in [0.25, 0.3) is 0 Å². The third kappa shape index (κ3) is 4.08. The van der Waals surface area contributed by atoms with Gasteiger partial charge in [-0.2, -0.15) is 0 Å². The molecule has 142 valence electrons. The molecule has 1 amide bonds. The Balaban J connectivity index is 1.65. The number of carbonyl (C=O) groups is 1. The molecule has 3 aromatic carbocycles. The zero-order valence-corrected chi connectivity index (χ0v) is 17.5. The second-order valence-electron chi connectivity index (χ2n) is 6.79. The normalized spacial score (nSPS) is 15.8. The molecule has 3 nitrogen and oxygen atoms in total. The Labute approximate surface area is 178 Å². The van der Waals surface area contributed by atoms with Crippen molar-refractivity contribution in [2.75, 3.05) is 4.90 Å². The molecule has 1 unspecified atom stereocenters. The van der Waals surface area contributed by atoms with Crippen LogP contribution in [0.2, 0.25) is 5.02 Å². The molecule has 0 bridgehead atoms. The largest absolute Gasteiger partial charge is 0.444 e. The van der Waals surface area contributed by atoms with Crippen LogP contribution in [0, 0.1) is 0 Å². The molecular weight excluding hydrogens is 438 g/mol. The van der Waals surface area contributed by atoms with Crippen LogP contribution in [0.3, 0.4) is 0 Å². The van der Waals surface area contributed by atoms with Crippen LogP contribution in [0.15, 0.2) is 77.3 Å². The third-order valence-corrected chi connectivity index (χ3v) is 5.70. The fourth-order valence-electron chi connectivity index (χ4n) is 3.59. The average Bonchev–Trinajstić information content (AvgIpc) is 2.72. The van der Waals surface area contributed by atoms with Gasteiger partial charge >= 0.3 is 6.09 Å². The molecule has 0 aliphatic carbocycles. The lowest BCUT2D eigenvalue weighted by Gasteiger charge is -2.37. The highest BCUT2D eigenvalue weighted by Crippen LogP contribution is 2.40. The van der Waals surface area contributed by atoms with Crippen LogP contribution in [0.5, 0.6) is 0 Å². The van der Waals surface area contributed by atoms with Gasteiger partial charge < -0.3 is 4.74 Å². The first-order chi connectivity index (χ1) is 13.6. The molecular formula is C23H19BrClNO2. The molecule has 1 atom stereocenters. The predicted octanol–water partition coefficient (Wildman–Crippen LogP) is 6.93. The van der Waals surface area contributed by atoms with Gasteiger partial charge in [-0.25, -0.2) is 4.79 Å². The van der Waals surface area contributed by atoms with Gasteiger partial charge in [0.25, 0.3) is 0 Å². The topological polar surface area (TPSA) is 29.5 Å². The lowest BCUT2D eigenvalue weighted by atomic mass is 9.91. The van der Waals surface area contributed by atoms with Crippen LogP contribution >= 0.6 is 27.5 Å². The number of anilines is 1. The zero-order chi connectivity index (χ0) is 19.5. The Kier molecular flexibility index (Phi) is 5.69. The Bertz CT molecular complexity index is 976. The standard InChI is InChI=1S/C23H19BrClNO2/c24-19-9-13-22-18(14-19)8-12-21(17-6-10-20(25)11-7-17)26(22)23(27)28-15-16-4-2-1-3-5-16/h1-7,9-11,13-14,21H,8,12,15H2. The van der Waals surface area contributed by atoms with E-state index in [-0.39, 0.29) is 18.7 Å². The minimum Gasteiger partial charge on any atom is -0.444 e. The molecule has 3 aromatic rings. The average molecular weight is 457 g/mol. The highest BCUT2D eigenvalue weighted by molar-refractivity contribution is 9.10. The Morgan fingerprint density at radius 2 is 1.82 bits per heavy atom. The summed E-state index contributed by atoms with van der Waals surface area (Å²) in [7, 11) is 0. The Morgan fingerprint density at radius 1 is 1.07 bits per heavy atom. The zero-order valence-electron chi connectivity index (χ0n) is 15.1. The van der Waals surface area contributed by atoms with Gasteiger partial charge in [0, 0.05) is 9.50 Å². The van der Waals surface area contributed by atoms with Crippen molar-refractivity contribution >= 4 is 39.3 Å². The monoisotopic (exact) mass is 455 g/mol. The molecule has 1 aliphatic rings. The van der Waals surface area contributed by atoms with E-state index in [0.29, 0.717) is 5.02 Å². The summed E-state index contributed by atoms with van der Waals surface area (Å²) in [5.41, 5.74) is 4.05. The SMILES string of the molecule is O=C(OCc1ccccc1)N1c2ccc(Br)cc2CCC1c1ccc(Cl)cc1. The van der Waals surface area contributed by atoms with Crippen molar-refractivity contribution in [3.8, 4) is 0 Å². The Hall–Kier alpha value is -2.30. The number of benzene rings is 3. The lowest BCUT2D eigenvalue weighted by Crippen LogP contribution is -2.38. The number of hydrogen-bond donors (Lipinski definition) is 0. The van der Waals surface area contributed by atoms with Crippen molar-refractivity contribution in [3.63, 3.8) is 0 Å². The van der Waals surface area contributed by atoms with Gasteiger partial charge in [-0.1, -0.05) is 70.0 Å². The van der Waals surface area contributed by atoms with E-state index in [1.807, 2.05) is 66.7 Å². The predicted molar refractivity (Wildman–Crippen MR) is 116 cm³/mol. The summed E-state index contributed by atoms with van der Waals surface area (Å²) < 4.78 is 6.69. The van der Waals surface area contributed by atoms with Gasteiger partial charge in [-0.3, -0.25) is 4.90 Å². The molecule has 4 rings (SSSR count). The van der Waals surface area contributed by atoms with Crippen molar-refractivity contribution in [1.82, 2.24) is 0 Å². The first-order valence-corrected chi connectivity index (χ1v) is 10.3. The molecule has 0 radical (unpaired) electrons. The molecule has 0 spiro atoms. The first-order valence-electron chi connectivity index (χ1n) is 9.15. The second kappa shape index (κ2) is 8.38. The highest BCUT2D eigenvalue weighted by Gasteiger charge is 2.33. The van der Waals surface area contributed by atoms with E-state index in [9.17, 15) is 4.79 Å². The van der Waals surface area contributed by atoms with Crippen LogP contribution in [0.4, 0.5) is 10.5 Å². The number of hydrogen-bond acceptors (Lipinski definition) is 2. The third-order valence-electron chi connectivity index (χ3n) is 4.96. The summed E-state index contributed by atoms with van der Waals surface area (Å²) in [5.74, 6) is 0. The molecule has 0 saturated heterocycles.